The van der Waals surface area contributed by atoms with Crippen LogP contribution < -0.4 is 10.9 Å². The van der Waals surface area contributed by atoms with Gasteiger partial charge in [0.05, 0.1) is 6.07 Å². The van der Waals surface area contributed by atoms with Gasteiger partial charge in [-0.3, -0.25) is 14.6 Å². The number of carbonyl (C=O) groups is 1. The van der Waals surface area contributed by atoms with Gasteiger partial charge in [0.25, 0.3) is 5.56 Å². The van der Waals surface area contributed by atoms with Crippen molar-refractivity contribution in [3.63, 3.8) is 0 Å². The van der Waals surface area contributed by atoms with E-state index in [-0.39, 0.29) is 5.95 Å². The lowest BCUT2D eigenvalue weighted by atomic mass is 10.3. The molecule has 1 aromatic rings. The number of aromatic nitrogens is 2. The third-order valence-electron chi connectivity index (χ3n) is 1.43. The molecule has 0 amide bonds. The number of aliphatic carboxylic acids is 1. The van der Waals surface area contributed by atoms with Crippen molar-refractivity contribution in [1.29, 1.82) is 0 Å². The molecule has 0 fully saturated rings. The summed E-state index contributed by atoms with van der Waals surface area (Å²) in [5, 5.41) is 10.8. The van der Waals surface area contributed by atoms with Gasteiger partial charge in [0, 0.05) is 0 Å². The first-order valence-corrected chi connectivity index (χ1v) is 3.75. The molecule has 1 heterocycles. The minimum Gasteiger partial charge on any atom is -0.480 e. The highest BCUT2D eigenvalue weighted by Crippen LogP contribution is 1.98. The highest BCUT2D eigenvalue weighted by molar-refractivity contribution is 5.75. The molecule has 76 valence electrons. The molecule has 1 aromatic heterocycles. The van der Waals surface area contributed by atoms with E-state index < -0.39 is 23.5 Å². The number of halogens is 1. The molecule has 0 spiro atoms. The number of anilines is 1. The Hall–Kier alpha value is -1.92. The fourth-order valence-corrected chi connectivity index (χ4v) is 0.763. The standard InChI is InChI=1S/C7H8FN3O3/c1-3(6(13)14)9-7-10-4(8)2-5(12)11-7/h2-3H,1H3,(H,13,14)(H2,9,10,11,12). The lowest BCUT2D eigenvalue weighted by Crippen LogP contribution is -2.27. The van der Waals surface area contributed by atoms with Crippen LogP contribution in [0.4, 0.5) is 10.3 Å². The van der Waals surface area contributed by atoms with Crippen LogP contribution in [0.2, 0.25) is 0 Å². The molecule has 0 bridgehead atoms. The lowest BCUT2D eigenvalue weighted by Gasteiger charge is -2.08. The fourth-order valence-electron chi connectivity index (χ4n) is 0.763. The SMILES string of the molecule is CC(Nc1nc(F)cc(=O)[nH]1)C(=O)O. The maximum Gasteiger partial charge on any atom is 0.325 e. The van der Waals surface area contributed by atoms with E-state index in [1.807, 2.05) is 0 Å². The third kappa shape index (κ3) is 2.54. The molecule has 0 saturated carbocycles. The van der Waals surface area contributed by atoms with Crippen LogP contribution in [-0.4, -0.2) is 27.1 Å². The second-order valence-corrected chi connectivity index (χ2v) is 2.62. The Morgan fingerprint density at radius 3 is 2.93 bits per heavy atom. The minimum atomic E-state index is -1.13. The smallest absolute Gasteiger partial charge is 0.325 e. The molecule has 0 aliphatic rings. The quantitative estimate of drug-likeness (QED) is 0.588. The van der Waals surface area contributed by atoms with Crippen molar-refractivity contribution in [2.45, 2.75) is 13.0 Å². The number of rotatable bonds is 3. The zero-order valence-corrected chi connectivity index (χ0v) is 7.24. The molecular formula is C7H8FN3O3. The summed E-state index contributed by atoms with van der Waals surface area (Å²) in [4.78, 5) is 26.5. The van der Waals surface area contributed by atoms with Crippen molar-refractivity contribution in [3.8, 4) is 0 Å². The van der Waals surface area contributed by atoms with Gasteiger partial charge in [-0.15, -0.1) is 0 Å². The number of aromatic amines is 1. The van der Waals surface area contributed by atoms with E-state index in [0.717, 1.165) is 0 Å². The highest BCUT2D eigenvalue weighted by atomic mass is 19.1. The Balaban J connectivity index is 2.87. The molecule has 3 N–H and O–H groups in total. The van der Waals surface area contributed by atoms with E-state index in [1.165, 1.54) is 6.92 Å². The van der Waals surface area contributed by atoms with Crippen molar-refractivity contribution in [3.05, 3.63) is 22.4 Å². The van der Waals surface area contributed by atoms with Gasteiger partial charge >= 0.3 is 5.97 Å². The maximum absolute atomic E-state index is 12.6. The number of H-pyrrole nitrogens is 1. The van der Waals surface area contributed by atoms with Crippen LogP contribution in [-0.2, 0) is 4.79 Å². The predicted molar refractivity (Wildman–Crippen MR) is 45.5 cm³/mol. The zero-order valence-electron chi connectivity index (χ0n) is 7.24. The minimum absolute atomic E-state index is 0.204. The molecule has 0 radical (unpaired) electrons. The van der Waals surface area contributed by atoms with E-state index >= 15 is 0 Å². The predicted octanol–water partition coefficient (Wildman–Crippen LogP) is -0.206. The number of carboxylic acids is 1. The van der Waals surface area contributed by atoms with E-state index in [1.54, 1.807) is 0 Å². The van der Waals surface area contributed by atoms with Gasteiger partial charge in [-0.05, 0) is 6.92 Å². The zero-order chi connectivity index (χ0) is 10.7. The highest BCUT2D eigenvalue weighted by Gasteiger charge is 2.11. The second kappa shape index (κ2) is 3.86. The van der Waals surface area contributed by atoms with E-state index in [4.69, 9.17) is 5.11 Å². The fraction of sp³-hybridized carbons (Fsp3) is 0.286. The first kappa shape index (κ1) is 10.2. The molecule has 0 aliphatic heterocycles. The average Bonchev–Trinajstić information content (AvgIpc) is 2.01. The number of carboxylic acid groups (broad SMARTS) is 1. The number of hydrogen-bond donors (Lipinski definition) is 3. The summed E-state index contributed by atoms with van der Waals surface area (Å²) in [5.74, 6) is -2.30. The molecule has 0 saturated heterocycles. The van der Waals surface area contributed by atoms with Crippen molar-refractivity contribution < 1.29 is 14.3 Å². The topological polar surface area (TPSA) is 95.1 Å². The number of nitrogens with one attached hydrogen (secondary N) is 2. The van der Waals surface area contributed by atoms with E-state index in [9.17, 15) is 14.0 Å². The molecule has 0 aliphatic carbocycles. The van der Waals surface area contributed by atoms with E-state index in [0.29, 0.717) is 6.07 Å². The summed E-state index contributed by atoms with van der Waals surface area (Å²) in [6, 6.07) is -0.295. The van der Waals surface area contributed by atoms with Gasteiger partial charge in [-0.25, -0.2) is 0 Å². The van der Waals surface area contributed by atoms with Crippen LogP contribution in [0.25, 0.3) is 0 Å². The van der Waals surface area contributed by atoms with Crippen LogP contribution in [0.3, 0.4) is 0 Å². The third-order valence-corrected chi connectivity index (χ3v) is 1.43. The number of hydrogen-bond acceptors (Lipinski definition) is 4. The first-order chi connectivity index (χ1) is 6.49. The van der Waals surface area contributed by atoms with Crippen LogP contribution in [0.1, 0.15) is 6.92 Å². The normalized spacial score (nSPS) is 12.1. The monoisotopic (exact) mass is 201 g/mol. The van der Waals surface area contributed by atoms with Crippen molar-refractivity contribution >= 4 is 11.9 Å². The van der Waals surface area contributed by atoms with Gasteiger partial charge in [0.2, 0.25) is 11.9 Å². The summed E-state index contributed by atoms with van der Waals surface area (Å²) >= 11 is 0. The van der Waals surface area contributed by atoms with Gasteiger partial charge in [-0.2, -0.15) is 9.37 Å². The Morgan fingerprint density at radius 2 is 2.43 bits per heavy atom. The molecule has 1 rings (SSSR count). The Labute approximate surface area is 77.8 Å². The van der Waals surface area contributed by atoms with Crippen LogP contribution in [0.15, 0.2) is 10.9 Å². The average molecular weight is 201 g/mol. The summed E-state index contributed by atoms with van der Waals surface area (Å²) in [5.41, 5.74) is -0.683. The summed E-state index contributed by atoms with van der Waals surface area (Å²) in [6.07, 6.45) is 0. The maximum atomic E-state index is 12.6. The lowest BCUT2D eigenvalue weighted by molar-refractivity contribution is -0.137. The molecule has 1 unspecified atom stereocenters. The Kier molecular flexibility index (Phi) is 2.80. The van der Waals surface area contributed by atoms with Gasteiger partial charge in [0.15, 0.2) is 0 Å². The van der Waals surface area contributed by atoms with Crippen LogP contribution in [0.5, 0.6) is 0 Å². The molecule has 1 atom stereocenters. The van der Waals surface area contributed by atoms with Crippen LogP contribution >= 0.6 is 0 Å². The van der Waals surface area contributed by atoms with Gasteiger partial charge in [-0.1, -0.05) is 0 Å². The Bertz CT molecular complexity index is 403. The second-order valence-electron chi connectivity index (χ2n) is 2.62. The van der Waals surface area contributed by atoms with Gasteiger partial charge in [0.1, 0.15) is 6.04 Å². The Morgan fingerprint density at radius 1 is 1.79 bits per heavy atom. The van der Waals surface area contributed by atoms with Crippen molar-refractivity contribution in [2.24, 2.45) is 0 Å². The molecule has 14 heavy (non-hydrogen) atoms. The van der Waals surface area contributed by atoms with Crippen molar-refractivity contribution in [2.75, 3.05) is 5.32 Å². The molecular weight excluding hydrogens is 193 g/mol. The molecule has 6 nitrogen and oxygen atoms in total. The largest absolute Gasteiger partial charge is 0.480 e. The number of nitrogens with zero attached hydrogens (tertiary/aromatic N) is 1. The summed E-state index contributed by atoms with van der Waals surface area (Å²) in [6.45, 7) is 1.34. The molecule has 0 aromatic carbocycles. The summed E-state index contributed by atoms with van der Waals surface area (Å²) < 4.78 is 12.6. The molecule has 7 heteroatoms. The van der Waals surface area contributed by atoms with E-state index in [2.05, 4.69) is 15.3 Å². The van der Waals surface area contributed by atoms with Crippen LogP contribution in [0, 0.1) is 5.95 Å². The van der Waals surface area contributed by atoms with Gasteiger partial charge < -0.3 is 10.4 Å². The van der Waals surface area contributed by atoms with Crippen molar-refractivity contribution in [1.82, 2.24) is 9.97 Å². The first-order valence-electron chi connectivity index (χ1n) is 3.75. The summed E-state index contributed by atoms with van der Waals surface area (Å²) in [7, 11) is 0.